The summed E-state index contributed by atoms with van der Waals surface area (Å²) in [6.45, 7) is -0.0250. The van der Waals surface area contributed by atoms with Crippen molar-refractivity contribution >= 4 is 52.4 Å². The summed E-state index contributed by atoms with van der Waals surface area (Å²) >= 11 is 4.29. The number of nitrogens with zero attached hydrogens (tertiary/aromatic N) is 3. The minimum absolute atomic E-state index is 0.0250. The molecule has 0 aliphatic rings. The van der Waals surface area contributed by atoms with E-state index in [0.717, 1.165) is 8.68 Å². The number of hydrogen-bond donors (Lipinski definition) is 1. The second-order valence-corrected chi connectivity index (χ2v) is 8.11. The van der Waals surface area contributed by atoms with Crippen LogP contribution < -0.4 is 10.1 Å². The Bertz CT molecular complexity index is 738. The lowest BCUT2D eigenvalue weighted by Gasteiger charge is -2.16. The zero-order valence-electron chi connectivity index (χ0n) is 14.0. The highest BCUT2D eigenvalue weighted by molar-refractivity contribution is 8.03. The Morgan fingerprint density at radius 3 is 2.76 bits per heavy atom. The maximum absolute atomic E-state index is 12.1. The largest absolute Gasteiger partial charge is 0.497 e. The molecule has 1 N–H and O–H groups in total. The molecule has 0 bridgehead atoms. The van der Waals surface area contributed by atoms with E-state index >= 15 is 0 Å². The molecule has 1 aromatic carbocycles. The van der Waals surface area contributed by atoms with Gasteiger partial charge in [-0.1, -0.05) is 40.9 Å². The van der Waals surface area contributed by atoms with Gasteiger partial charge in [0.25, 0.3) is 0 Å². The molecule has 2 aromatic rings. The zero-order chi connectivity index (χ0) is 18.2. The normalized spacial score (nSPS) is 10.4. The third-order valence-electron chi connectivity index (χ3n) is 3.04. The number of ether oxygens (including phenoxy) is 1. The maximum Gasteiger partial charge on any atom is 0.243 e. The van der Waals surface area contributed by atoms with Crippen molar-refractivity contribution in [2.75, 3.05) is 38.0 Å². The van der Waals surface area contributed by atoms with Crippen LogP contribution in [0, 0.1) is 0 Å². The van der Waals surface area contributed by atoms with E-state index in [1.54, 1.807) is 38.4 Å². The fourth-order valence-electron chi connectivity index (χ4n) is 1.78. The van der Waals surface area contributed by atoms with Crippen molar-refractivity contribution in [2.45, 2.75) is 8.68 Å². The van der Waals surface area contributed by atoms with Crippen LogP contribution in [-0.2, 0) is 9.59 Å². The average molecular weight is 399 g/mol. The van der Waals surface area contributed by atoms with Crippen molar-refractivity contribution < 1.29 is 14.3 Å². The van der Waals surface area contributed by atoms with E-state index < -0.39 is 0 Å². The van der Waals surface area contributed by atoms with Gasteiger partial charge in [0.2, 0.25) is 11.8 Å². The molecule has 0 unspecified atom stereocenters. The lowest BCUT2D eigenvalue weighted by molar-refractivity contribution is -0.131. The Hall–Kier alpha value is -1.78. The molecule has 0 saturated heterocycles. The van der Waals surface area contributed by atoms with Crippen molar-refractivity contribution in [3.8, 4) is 5.75 Å². The first-order valence-corrected chi connectivity index (χ1v) is 10.2. The number of methoxy groups -OCH3 is 1. The highest BCUT2D eigenvalue weighted by Gasteiger charge is 2.15. The van der Waals surface area contributed by atoms with Crippen LogP contribution in [0.4, 0.5) is 5.69 Å². The standard InChI is InChI=1S/C15H18N4O3S3/c1-19(13(21)9-24-15-18-17-14(23-3)25-15)8-12(20)16-10-5-4-6-11(7-10)22-2/h4-7H,8-9H2,1-3H3,(H,16,20). The molecule has 2 rings (SSSR count). The summed E-state index contributed by atoms with van der Waals surface area (Å²) in [5.74, 6) is 0.452. The van der Waals surface area contributed by atoms with Crippen molar-refractivity contribution in [3.05, 3.63) is 24.3 Å². The van der Waals surface area contributed by atoms with Gasteiger partial charge >= 0.3 is 0 Å². The minimum atomic E-state index is -0.269. The fourth-order valence-corrected chi connectivity index (χ4v) is 4.16. The van der Waals surface area contributed by atoms with Crippen molar-refractivity contribution in [1.29, 1.82) is 0 Å². The predicted molar refractivity (Wildman–Crippen MR) is 102 cm³/mol. The van der Waals surface area contributed by atoms with Gasteiger partial charge in [-0.05, 0) is 18.4 Å². The van der Waals surface area contributed by atoms with Gasteiger partial charge in [0.15, 0.2) is 8.68 Å². The lowest BCUT2D eigenvalue weighted by atomic mass is 10.3. The van der Waals surface area contributed by atoms with Crippen LogP contribution in [0.3, 0.4) is 0 Å². The molecule has 134 valence electrons. The molecule has 0 aliphatic heterocycles. The minimum Gasteiger partial charge on any atom is -0.497 e. The second kappa shape index (κ2) is 9.64. The Labute approximate surface area is 158 Å². The summed E-state index contributed by atoms with van der Waals surface area (Å²) in [5, 5.41) is 10.7. The number of anilines is 1. The first-order chi connectivity index (χ1) is 12.0. The van der Waals surface area contributed by atoms with E-state index in [-0.39, 0.29) is 24.1 Å². The highest BCUT2D eigenvalue weighted by Crippen LogP contribution is 2.27. The molecule has 0 radical (unpaired) electrons. The SMILES string of the molecule is COc1cccc(NC(=O)CN(C)C(=O)CSc2nnc(SC)s2)c1. The Balaban J connectivity index is 1.80. The summed E-state index contributed by atoms with van der Waals surface area (Å²) < 4.78 is 6.71. The third kappa shape index (κ3) is 6.22. The van der Waals surface area contributed by atoms with Crippen LogP contribution in [0.5, 0.6) is 5.75 Å². The smallest absolute Gasteiger partial charge is 0.243 e. The molecule has 0 fully saturated rings. The molecule has 10 heteroatoms. The maximum atomic E-state index is 12.1. The summed E-state index contributed by atoms with van der Waals surface area (Å²) in [5.41, 5.74) is 0.623. The van der Waals surface area contributed by atoms with Crippen LogP contribution >= 0.6 is 34.9 Å². The van der Waals surface area contributed by atoms with Gasteiger partial charge < -0.3 is 15.0 Å². The number of rotatable bonds is 8. The van der Waals surface area contributed by atoms with E-state index in [2.05, 4.69) is 15.5 Å². The Morgan fingerprint density at radius 2 is 2.08 bits per heavy atom. The second-order valence-electron chi connectivity index (χ2n) is 4.86. The van der Waals surface area contributed by atoms with E-state index in [1.807, 2.05) is 6.26 Å². The number of carbonyl (C=O) groups is 2. The molecule has 0 saturated carbocycles. The lowest BCUT2D eigenvalue weighted by Crippen LogP contribution is -2.35. The molecule has 0 aliphatic carbocycles. The number of likely N-dealkylation sites (N-methyl/N-ethyl adjacent to an activating group) is 1. The quantitative estimate of drug-likeness (QED) is 0.684. The van der Waals surface area contributed by atoms with Crippen LogP contribution in [0.25, 0.3) is 0 Å². The molecule has 2 amide bonds. The van der Waals surface area contributed by atoms with E-state index in [0.29, 0.717) is 11.4 Å². The number of hydrogen-bond acceptors (Lipinski definition) is 8. The molecular weight excluding hydrogens is 380 g/mol. The summed E-state index contributed by atoms with van der Waals surface area (Å²) in [6.07, 6.45) is 1.93. The third-order valence-corrected chi connectivity index (χ3v) is 6.06. The Kier molecular flexibility index (Phi) is 7.53. The van der Waals surface area contributed by atoms with Crippen molar-refractivity contribution in [2.24, 2.45) is 0 Å². The summed E-state index contributed by atoms with van der Waals surface area (Å²) in [7, 11) is 3.16. The van der Waals surface area contributed by atoms with Crippen molar-refractivity contribution in [1.82, 2.24) is 15.1 Å². The van der Waals surface area contributed by atoms with Gasteiger partial charge in [-0.2, -0.15) is 0 Å². The highest BCUT2D eigenvalue weighted by atomic mass is 32.2. The first kappa shape index (κ1) is 19.5. The first-order valence-electron chi connectivity index (χ1n) is 7.20. The van der Waals surface area contributed by atoms with Crippen LogP contribution in [0.15, 0.2) is 32.9 Å². The number of carbonyl (C=O) groups excluding carboxylic acids is 2. The van der Waals surface area contributed by atoms with E-state index in [1.165, 1.54) is 39.8 Å². The van der Waals surface area contributed by atoms with Crippen LogP contribution in [-0.4, -0.2) is 59.6 Å². The zero-order valence-corrected chi connectivity index (χ0v) is 16.5. The van der Waals surface area contributed by atoms with Gasteiger partial charge in [0.1, 0.15) is 5.75 Å². The van der Waals surface area contributed by atoms with Gasteiger partial charge in [0.05, 0.1) is 19.4 Å². The molecule has 0 atom stereocenters. The molecular formula is C15H18N4O3S3. The van der Waals surface area contributed by atoms with Gasteiger partial charge in [-0.3, -0.25) is 9.59 Å². The molecule has 1 heterocycles. The number of benzene rings is 1. The molecule has 7 nitrogen and oxygen atoms in total. The number of amides is 2. The van der Waals surface area contributed by atoms with E-state index in [4.69, 9.17) is 4.74 Å². The van der Waals surface area contributed by atoms with Crippen molar-refractivity contribution in [3.63, 3.8) is 0 Å². The van der Waals surface area contributed by atoms with Gasteiger partial charge in [-0.15, -0.1) is 10.2 Å². The van der Waals surface area contributed by atoms with Crippen LogP contribution in [0.1, 0.15) is 0 Å². The number of nitrogens with one attached hydrogen (secondary N) is 1. The molecule has 25 heavy (non-hydrogen) atoms. The monoisotopic (exact) mass is 398 g/mol. The van der Waals surface area contributed by atoms with Gasteiger partial charge in [-0.25, -0.2) is 0 Å². The van der Waals surface area contributed by atoms with Gasteiger partial charge in [0, 0.05) is 18.8 Å². The topological polar surface area (TPSA) is 84.4 Å². The average Bonchev–Trinajstić information content (AvgIpc) is 3.07. The van der Waals surface area contributed by atoms with E-state index in [9.17, 15) is 9.59 Å². The summed E-state index contributed by atoms with van der Waals surface area (Å²) in [4.78, 5) is 25.6. The number of thioether (sulfide) groups is 2. The Morgan fingerprint density at radius 1 is 1.32 bits per heavy atom. The summed E-state index contributed by atoms with van der Waals surface area (Å²) in [6, 6.07) is 7.05. The predicted octanol–water partition coefficient (Wildman–Crippen LogP) is 2.46. The molecule has 1 aromatic heterocycles. The number of aromatic nitrogens is 2. The molecule has 0 spiro atoms. The fraction of sp³-hybridized carbons (Fsp3) is 0.333. The van der Waals surface area contributed by atoms with Crippen LogP contribution in [0.2, 0.25) is 0 Å².